The van der Waals surface area contributed by atoms with Crippen LogP contribution in [0.5, 0.6) is 0 Å². The van der Waals surface area contributed by atoms with E-state index in [0.29, 0.717) is 12.8 Å². The third-order valence-electron chi connectivity index (χ3n) is 2.80. The molecule has 1 fully saturated rings. The summed E-state index contributed by atoms with van der Waals surface area (Å²) in [5, 5.41) is 19.0. The summed E-state index contributed by atoms with van der Waals surface area (Å²) in [6, 6.07) is 0. The van der Waals surface area contributed by atoms with Gasteiger partial charge in [0, 0.05) is 12.3 Å². The lowest BCUT2D eigenvalue weighted by molar-refractivity contribution is -0.181. The Hall–Kier alpha value is -0.610. The first kappa shape index (κ1) is 12.5. The lowest BCUT2D eigenvalue weighted by Crippen LogP contribution is -2.32. The van der Waals surface area contributed by atoms with E-state index in [9.17, 15) is 15.0 Å². The summed E-state index contributed by atoms with van der Waals surface area (Å²) in [4.78, 5) is 11.1. The number of hydrogen-bond acceptors (Lipinski definition) is 4. The second-order valence-corrected chi connectivity index (χ2v) is 4.21. The Balaban J connectivity index is 2.32. The van der Waals surface area contributed by atoms with Gasteiger partial charge in [0.15, 0.2) is 0 Å². The monoisotopic (exact) mass is 216 g/mol. The third kappa shape index (κ3) is 4.18. The van der Waals surface area contributed by atoms with E-state index < -0.39 is 6.29 Å². The lowest BCUT2D eigenvalue weighted by atomic mass is 9.87. The van der Waals surface area contributed by atoms with Gasteiger partial charge in [0.2, 0.25) is 6.29 Å². The number of carbonyl (C=O) groups excluding carboxylic acids is 1. The van der Waals surface area contributed by atoms with Crippen LogP contribution in [0.4, 0.5) is 0 Å². The molecule has 0 bridgehead atoms. The zero-order chi connectivity index (χ0) is 11.3. The first-order chi connectivity index (χ1) is 7.13. The standard InChI is InChI=1S/C11H20O4/c1-2-4-10(13)15-11(14)8-5-3-6-9(12)7-8/h8-9,11-12,14H,2-7H2,1H3. The molecule has 3 unspecified atom stereocenters. The maximum Gasteiger partial charge on any atom is 0.308 e. The number of aliphatic hydroxyl groups is 2. The largest absolute Gasteiger partial charge is 0.436 e. The Morgan fingerprint density at radius 1 is 1.53 bits per heavy atom. The number of ether oxygens (including phenoxy) is 1. The molecular formula is C11H20O4. The highest BCUT2D eigenvalue weighted by atomic mass is 16.6. The second-order valence-electron chi connectivity index (χ2n) is 4.21. The summed E-state index contributed by atoms with van der Waals surface area (Å²) in [5.41, 5.74) is 0. The van der Waals surface area contributed by atoms with E-state index in [1.54, 1.807) is 0 Å². The van der Waals surface area contributed by atoms with E-state index in [4.69, 9.17) is 4.74 Å². The Bertz CT molecular complexity index is 205. The SMILES string of the molecule is CCCC(=O)OC(O)C1CCCC(O)C1. The average molecular weight is 216 g/mol. The lowest BCUT2D eigenvalue weighted by Gasteiger charge is -2.29. The topological polar surface area (TPSA) is 66.8 Å². The minimum absolute atomic E-state index is 0.102. The van der Waals surface area contributed by atoms with Crippen molar-refractivity contribution in [3.8, 4) is 0 Å². The normalized spacial score (nSPS) is 28.5. The molecule has 0 aliphatic heterocycles. The van der Waals surface area contributed by atoms with Gasteiger partial charge in [-0.25, -0.2) is 0 Å². The maximum atomic E-state index is 11.1. The van der Waals surface area contributed by atoms with Crippen molar-refractivity contribution >= 4 is 5.97 Å². The molecule has 0 aromatic carbocycles. The highest BCUT2D eigenvalue weighted by molar-refractivity contribution is 5.69. The van der Waals surface area contributed by atoms with Crippen LogP contribution in [-0.4, -0.2) is 28.6 Å². The summed E-state index contributed by atoms with van der Waals surface area (Å²) >= 11 is 0. The number of aliphatic hydroxyl groups excluding tert-OH is 2. The number of carbonyl (C=O) groups is 1. The van der Waals surface area contributed by atoms with Crippen LogP contribution in [0.15, 0.2) is 0 Å². The van der Waals surface area contributed by atoms with Crippen LogP contribution in [0.3, 0.4) is 0 Å². The molecular weight excluding hydrogens is 196 g/mol. The average Bonchev–Trinajstić information content (AvgIpc) is 2.18. The molecule has 3 atom stereocenters. The molecule has 0 aromatic heterocycles. The quantitative estimate of drug-likeness (QED) is 0.547. The van der Waals surface area contributed by atoms with E-state index in [-0.39, 0.29) is 18.0 Å². The zero-order valence-corrected chi connectivity index (χ0v) is 9.19. The van der Waals surface area contributed by atoms with Crippen LogP contribution in [0.25, 0.3) is 0 Å². The van der Waals surface area contributed by atoms with E-state index in [1.807, 2.05) is 6.92 Å². The first-order valence-corrected chi connectivity index (χ1v) is 5.69. The fraction of sp³-hybridized carbons (Fsp3) is 0.909. The van der Waals surface area contributed by atoms with Crippen LogP contribution < -0.4 is 0 Å². The molecule has 88 valence electrons. The number of esters is 1. The zero-order valence-electron chi connectivity index (χ0n) is 9.19. The van der Waals surface area contributed by atoms with Gasteiger partial charge in [0.25, 0.3) is 0 Å². The smallest absolute Gasteiger partial charge is 0.308 e. The molecule has 0 saturated heterocycles. The van der Waals surface area contributed by atoms with Crippen molar-refractivity contribution in [2.75, 3.05) is 0 Å². The molecule has 0 amide bonds. The molecule has 4 heteroatoms. The maximum absolute atomic E-state index is 11.1. The summed E-state index contributed by atoms with van der Waals surface area (Å²) in [5.74, 6) is -0.459. The van der Waals surface area contributed by atoms with Gasteiger partial charge in [-0.3, -0.25) is 4.79 Å². The van der Waals surface area contributed by atoms with Gasteiger partial charge in [0.1, 0.15) is 0 Å². The van der Waals surface area contributed by atoms with Crippen molar-refractivity contribution in [1.29, 1.82) is 0 Å². The molecule has 1 saturated carbocycles. The summed E-state index contributed by atoms with van der Waals surface area (Å²) < 4.78 is 4.88. The van der Waals surface area contributed by atoms with Crippen LogP contribution >= 0.6 is 0 Å². The van der Waals surface area contributed by atoms with Gasteiger partial charge in [-0.2, -0.15) is 0 Å². The molecule has 2 N–H and O–H groups in total. The fourth-order valence-corrected chi connectivity index (χ4v) is 1.95. The summed E-state index contributed by atoms with van der Waals surface area (Å²) in [7, 11) is 0. The first-order valence-electron chi connectivity index (χ1n) is 5.69. The fourth-order valence-electron chi connectivity index (χ4n) is 1.95. The summed E-state index contributed by atoms with van der Waals surface area (Å²) in [6.45, 7) is 1.89. The van der Waals surface area contributed by atoms with Crippen LogP contribution in [-0.2, 0) is 9.53 Å². The van der Waals surface area contributed by atoms with Crippen LogP contribution in [0, 0.1) is 5.92 Å². The molecule has 1 rings (SSSR count). The van der Waals surface area contributed by atoms with Gasteiger partial charge >= 0.3 is 5.97 Å². The van der Waals surface area contributed by atoms with E-state index >= 15 is 0 Å². The van der Waals surface area contributed by atoms with Crippen LogP contribution in [0.2, 0.25) is 0 Å². The Kier molecular flexibility index (Phi) is 5.05. The van der Waals surface area contributed by atoms with E-state index in [1.165, 1.54) is 0 Å². The van der Waals surface area contributed by atoms with Gasteiger partial charge < -0.3 is 14.9 Å². The summed E-state index contributed by atoms with van der Waals surface area (Å²) in [6.07, 6.45) is 2.67. The van der Waals surface area contributed by atoms with Crippen molar-refractivity contribution in [1.82, 2.24) is 0 Å². The molecule has 0 heterocycles. The van der Waals surface area contributed by atoms with Gasteiger partial charge in [-0.05, 0) is 25.7 Å². The molecule has 0 aromatic rings. The van der Waals surface area contributed by atoms with Crippen molar-refractivity contribution < 1.29 is 19.7 Å². The van der Waals surface area contributed by atoms with E-state index in [2.05, 4.69) is 0 Å². The number of hydrogen-bond donors (Lipinski definition) is 2. The minimum atomic E-state index is -1.04. The predicted octanol–water partition coefficient (Wildman–Crippen LogP) is 1.20. The molecule has 4 nitrogen and oxygen atoms in total. The van der Waals surface area contributed by atoms with E-state index in [0.717, 1.165) is 25.7 Å². The Labute approximate surface area is 90.2 Å². The highest BCUT2D eigenvalue weighted by Crippen LogP contribution is 2.27. The Morgan fingerprint density at radius 3 is 2.87 bits per heavy atom. The number of rotatable bonds is 4. The second kappa shape index (κ2) is 6.08. The van der Waals surface area contributed by atoms with Gasteiger partial charge in [0.05, 0.1) is 6.10 Å². The van der Waals surface area contributed by atoms with Gasteiger partial charge in [-0.1, -0.05) is 13.3 Å². The molecule has 0 radical (unpaired) electrons. The van der Waals surface area contributed by atoms with Crippen molar-refractivity contribution in [2.24, 2.45) is 5.92 Å². The highest BCUT2D eigenvalue weighted by Gasteiger charge is 2.28. The molecule has 1 aliphatic rings. The molecule has 15 heavy (non-hydrogen) atoms. The van der Waals surface area contributed by atoms with Gasteiger partial charge in [-0.15, -0.1) is 0 Å². The van der Waals surface area contributed by atoms with Crippen molar-refractivity contribution in [3.63, 3.8) is 0 Å². The molecule has 0 spiro atoms. The van der Waals surface area contributed by atoms with Crippen molar-refractivity contribution in [3.05, 3.63) is 0 Å². The Morgan fingerprint density at radius 2 is 2.27 bits per heavy atom. The van der Waals surface area contributed by atoms with Crippen LogP contribution in [0.1, 0.15) is 45.4 Å². The minimum Gasteiger partial charge on any atom is -0.436 e. The molecule has 1 aliphatic carbocycles. The predicted molar refractivity (Wildman–Crippen MR) is 55.0 cm³/mol. The van der Waals surface area contributed by atoms with Crippen molar-refractivity contribution in [2.45, 2.75) is 57.8 Å². The third-order valence-corrected chi connectivity index (χ3v) is 2.80.